The first-order valence-electron chi connectivity index (χ1n) is 9.60. The third kappa shape index (κ3) is 3.68. The minimum Gasteiger partial charge on any atom is -0.451 e. The van der Waals surface area contributed by atoms with Gasteiger partial charge >= 0.3 is 0 Å². The summed E-state index contributed by atoms with van der Waals surface area (Å²) in [5.74, 6) is 0.635. The predicted octanol–water partition coefficient (Wildman–Crippen LogP) is 4.18. The standard InChI is InChI=1S/C21H25FN2O2/c22-17-7-5-16(6-8-17)19-9-10-20(26-19)21(25)24-14-3-4-18(11-15-24)23-12-1-2-13-23/h5-10,18H,1-4,11-15H2. The Balaban J connectivity index is 1.42. The van der Waals surface area contributed by atoms with Crippen molar-refractivity contribution >= 4 is 5.91 Å². The van der Waals surface area contributed by atoms with Crippen LogP contribution in [0, 0.1) is 5.82 Å². The fourth-order valence-electron chi connectivity index (χ4n) is 4.13. The highest BCUT2D eigenvalue weighted by Gasteiger charge is 2.27. The summed E-state index contributed by atoms with van der Waals surface area (Å²) in [7, 11) is 0. The molecule has 2 aromatic rings. The van der Waals surface area contributed by atoms with Gasteiger partial charge in [0.05, 0.1) is 0 Å². The van der Waals surface area contributed by atoms with Crippen LogP contribution >= 0.6 is 0 Å². The van der Waals surface area contributed by atoms with Gasteiger partial charge in [-0.2, -0.15) is 0 Å². The number of furan rings is 1. The molecular weight excluding hydrogens is 331 g/mol. The molecule has 1 amide bonds. The van der Waals surface area contributed by atoms with Gasteiger partial charge in [0.2, 0.25) is 0 Å². The van der Waals surface area contributed by atoms with Crippen molar-refractivity contribution in [3.8, 4) is 11.3 Å². The molecule has 0 saturated carbocycles. The van der Waals surface area contributed by atoms with Gasteiger partial charge in [0, 0.05) is 24.7 Å². The van der Waals surface area contributed by atoms with Crippen LogP contribution in [0.1, 0.15) is 42.7 Å². The first-order chi connectivity index (χ1) is 12.7. The lowest BCUT2D eigenvalue weighted by atomic mass is 10.1. The first-order valence-corrected chi connectivity index (χ1v) is 9.60. The fourth-order valence-corrected chi connectivity index (χ4v) is 4.13. The van der Waals surface area contributed by atoms with E-state index < -0.39 is 0 Å². The quantitative estimate of drug-likeness (QED) is 0.828. The SMILES string of the molecule is O=C(c1ccc(-c2ccc(F)cc2)o1)N1CCCC(N2CCCC2)CC1. The highest BCUT2D eigenvalue weighted by atomic mass is 19.1. The molecule has 1 unspecified atom stereocenters. The van der Waals surface area contributed by atoms with Crippen LogP contribution in [0.3, 0.4) is 0 Å². The van der Waals surface area contributed by atoms with E-state index in [1.165, 1.54) is 44.5 Å². The lowest BCUT2D eigenvalue weighted by Crippen LogP contribution is -2.35. The number of hydrogen-bond donors (Lipinski definition) is 0. The lowest BCUT2D eigenvalue weighted by molar-refractivity contribution is 0.0726. The molecule has 2 fully saturated rings. The largest absolute Gasteiger partial charge is 0.451 e. The maximum atomic E-state index is 13.1. The Bertz CT molecular complexity index is 750. The highest BCUT2D eigenvalue weighted by Crippen LogP contribution is 2.25. The number of amides is 1. The first kappa shape index (κ1) is 17.3. The smallest absolute Gasteiger partial charge is 0.289 e. The Hall–Kier alpha value is -2.14. The number of halogens is 1. The lowest BCUT2D eigenvalue weighted by Gasteiger charge is -2.26. The number of likely N-dealkylation sites (tertiary alicyclic amines) is 2. The summed E-state index contributed by atoms with van der Waals surface area (Å²) in [6.45, 7) is 3.98. The Morgan fingerprint density at radius 1 is 0.923 bits per heavy atom. The van der Waals surface area contributed by atoms with Crippen LogP contribution in [0.2, 0.25) is 0 Å². The van der Waals surface area contributed by atoms with E-state index in [1.807, 2.05) is 4.90 Å². The van der Waals surface area contributed by atoms with E-state index in [-0.39, 0.29) is 11.7 Å². The summed E-state index contributed by atoms with van der Waals surface area (Å²) >= 11 is 0. The van der Waals surface area contributed by atoms with Gasteiger partial charge in [0.15, 0.2) is 5.76 Å². The minimum absolute atomic E-state index is 0.0413. The predicted molar refractivity (Wildman–Crippen MR) is 98.5 cm³/mol. The van der Waals surface area contributed by atoms with Crippen molar-refractivity contribution < 1.29 is 13.6 Å². The van der Waals surface area contributed by atoms with Crippen molar-refractivity contribution in [2.45, 2.75) is 38.1 Å². The molecule has 4 nitrogen and oxygen atoms in total. The average Bonchev–Trinajstić information content (AvgIpc) is 3.30. The van der Waals surface area contributed by atoms with E-state index in [2.05, 4.69) is 4.90 Å². The Kier molecular flexibility index (Phi) is 5.07. The monoisotopic (exact) mass is 356 g/mol. The van der Waals surface area contributed by atoms with Gasteiger partial charge in [-0.05, 0) is 81.6 Å². The molecule has 26 heavy (non-hydrogen) atoms. The summed E-state index contributed by atoms with van der Waals surface area (Å²) in [6, 6.07) is 10.2. The second kappa shape index (κ2) is 7.62. The van der Waals surface area contributed by atoms with Crippen LogP contribution in [0.15, 0.2) is 40.8 Å². The average molecular weight is 356 g/mol. The molecule has 2 aliphatic rings. The Labute approximate surface area is 153 Å². The zero-order valence-electron chi connectivity index (χ0n) is 15.0. The molecule has 0 radical (unpaired) electrons. The molecule has 4 rings (SSSR count). The van der Waals surface area contributed by atoms with Gasteiger partial charge in [0.1, 0.15) is 11.6 Å². The second-order valence-electron chi connectivity index (χ2n) is 7.29. The van der Waals surface area contributed by atoms with Gasteiger partial charge in [0.25, 0.3) is 5.91 Å². The van der Waals surface area contributed by atoms with Crippen molar-refractivity contribution in [3.05, 3.63) is 48.0 Å². The molecule has 0 N–H and O–H groups in total. The fraction of sp³-hybridized carbons (Fsp3) is 0.476. The maximum absolute atomic E-state index is 13.1. The number of carbonyl (C=O) groups is 1. The summed E-state index contributed by atoms with van der Waals surface area (Å²) < 4.78 is 18.8. The molecule has 1 aromatic heterocycles. The summed E-state index contributed by atoms with van der Waals surface area (Å²) in [4.78, 5) is 17.3. The maximum Gasteiger partial charge on any atom is 0.289 e. The zero-order valence-corrected chi connectivity index (χ0v) is 15.0. The third-order valence-corrected chi connectivity index (χ3v) is 5.59. The molecule has 5 heteroatoms. The van der Waals surface area contributed by atoms with Gasteiger partial charge in [-0.15, -0.1) is 0 Å². The number of rotatable bonds is 3. The van der Waals surface area contributed by atoms with E-state index in [0.29, 0.717) is 17.6 Å². The highest BCUT2D eigenvalue weighted by molar-refractivity contribution is 5.92. The van der Waals surface area contributed by atoms with Crippen LogP contribution in [0.25, 0.3) is 11.3 Å². The molecule has 0 spiro atoms. The van der Waals surface area contributed by atoms with Crippen molar-refractivity contribution in [2.24, 2.45) is 0 Å². The van der Waals surface area contributed by atoms with Crippen molar-refractivity contribution in [2.75, 3.05) is 26.2 Å². The molecule has 1 aromatic carbocycles. The normalized spacial score (nSPS) is 21.7. The van der Waals surface area contributed by atoms with E-state index in [1.54, 1.807) is 24.3 Å². The molecule has 138 valence electrons. The third-order valence-electron chi connectivity index (χ3n) is 5.59. The summed E-state index contributed by atoms with van der Waals surface area (Å²) in [5, 5.41) is 0. The topological polar surface area (TPSA) is 36.7 Å². The van der Waals surface area contributed by atoms with Crippen molar-refractivity contribution in [3.63, 3.8) is 0 Å². The van der Waals surface area contributed by atoms with E-state index in [4.69, 9.17) is 4.42 Å². The second-order valence-corrected chi connectivity index (χ2v) is 7.29. The molecule has 1 atom stereocenters. The van der Waals surface area contributed by atoms with Gasteiger partial charge in [-0.3, -0.25) is 4.79 Å². The van der Waals surface area contributed by atoms with Gasteiger partial charge in [-0.25, -0.2) is 4.39 Å². The molecule has 2 aliphatic heterocycles. The molecular formula is C21H25FN2O2. The van der Waals surface area contributed by atoms with Crippen LogP contribution in [-0.2, 0) is 0 Å². The number of hydrogen-bond acceptors (Lipinski definition) is 3. The zero-order chi connectivity index (χ0) is 17.9. The Morgan fingerprint density at radius 2 is 1.69 bits per heavy atom. The van der Waals surface area contributed by atoms with Gasteiger partial charge in [-0.1, -0.05) is 0 Å². The Morgan fingerprint density at radius 3 is 2.46 bits per heavy atom. The van der Waals surface area contributed by atoms with Crippen LogP contribution in [-0.4, -0.2) is 47.9 Å². The molecule has 0 bridgehead atoms. The van der Waals surface area contributed by atoms with Gasteiger partial charge < -0.3 is 14.2 Å². The van der Waals surface area contributed by atoms with E-state index >= 15 is 0 Å². The number of benzene rings is 1. The molecule has 3 heterocycles. The van der Waals surface area contributed by atoms with Crippen LogP contribution in [0.4, 0.5) is 4.39 Å². The molecule has 2 saturated heterocycles. The van der Waals surface area contributed by atoms with Crippen molar-refractivity contribution in [1.29, 1.82) is 0 Å². The van der Waals surface area contributed by atoms with Crippen molar-refractivity contribution in [1.82, 2.24) is 9.80 Å². The van der Waals surface area contributed by atoms with E-state index in [9.17, 15) is 9.18 Å². The van der Waals surface area contributed by atoms with Crippen LogP contribution < -0.4 is 0 Å². The minimum atomic E-state index is -0.284. The summed E-state index contributed by atoms with van der Waals surface area (Å²) in [5.41, 5.74) is 0.774. The number of carbonyl (C=O) groups excluding carboxylic acids is 1. The van der Waals surface area contributed by atoms with E-state index in [0.717, 1.165) is 31.5 Å². The van der Waals surface area contributed by atoms with Crippen LogP contribution in [0.5, 0.6) is 0 Å². The summed E-state index contributed by atoms with van der Waals surface area (Å²) in [6.07, 6.45) is 5.86. The molecule has 0 aliphatic carbocycles. The number of nitrogens with zero attached hydrogens (tertiary/aromatic N) is 2.